The third kappa shape index (κ3) is 2.87. The maximum absolute atomic E-state index is 12.4. The van der Waals surface area contributed by atoms with Crippen LogP contribution in [0.5, 0.6) is 0 Å². The molecular weight excluding hydrogens is 346 g/mol. The largest absolute Gasteiger partial charge is 0.345 e. The van der Waals surface area contributed by atoms with Gasteiger partial charge in [0.25, 0.3) is 11.6 Å². The van der Waals surface area contributed by atoms with Crippen LogP contribution in [0.3, 0.4) is 0 Å². The van der Waals surface area contributed by atoms with Crippen molar-refractivity contribution in [2.24, 2.45) is 0 Å². The van der Waals surface area contributed by atoms with E-state index in [9.17, 15) is 4.79 Å². The first-order valence-electron chi connectivity index (χ1n) is 6.83. The van der Waals surface area contributed by atoms with Gasteiger partial charge in [0.05, 0.1) is 22.7 Å². The highest BCUT2D eigenvalue weighted by Gasteiger charge is 2.14. The Bertz CT molecular complexity index is 844. The van der Waals surface area contributed by atoms with Crippen molar-refractivity contribution in [1.29, 1.82) is 0 Å². The van der Waals surface area contributed by atoms with Gasteiger partial charge in [-0.25, -0.2) is 4.98 Å². The van der Waals surface area contributed by atoms with E-state index in [1.165, 1.54) is 6.20 Å². The van der Waals surface area contributed by atoms with Crippen molar-refractivity contribution >= 4 is 32.9 Å². The van der Waals surface area contributed by atoms with Gasteiger partial charge in [-0.3, -0.25) is 4.79 Å². The molecule has 1 atom stereocenters. The fourth-order valence-electron chi connectivity index (χ4n) is 2.21. The molecule has 2 heterocycles. The summed E-state index contributed by atoms with van der Waals surface area (Å²) in [5.74, 6) is -0.178. The summed E-state index contributed by atoms with van der Waals surface area (Å²) in [6.07, 6.45) is 1.50. The number of halogens is 1. The minimum Gasteiger partial charge on any atom is -0.345 e. The summed E-state index contributed by atoms with van der Waals surface area (Å²) < 4.78 is 6.03. The molecule has 0 radical (unpaired) electrons. The lowest BCUT2D eigenvalue weighted by atomic mass is 10.1. The van der Waals surface area contributed by atoms with Crippen molar-refractivity contribution in [2.75, 3.05) is 0 Å². The molecule has 3 aromatic rings. The number of carbonyl (C=O) groups is 1. The van der Waals surface area contributed by atoms with Gasteiger partial charge in [0, 0.05) is 10.7 Å². The van der Waals surface area contributed by atoms with Gasteiger partial charge >= 0.3 is 0 Å². The molecular formula is C16H14BrN3O2. The number of amides is 1. The molecule has 0 fully saturated rings. The molecule has 0 saturated carbocycles. The van der Waals surface area contributed by atoms with E-state index in [1.54, 1.807) is 6.07 Å². The Kier molecular flexibility index (Phi) is 3.94. The lowest BCUT2D eigenvalue weighted by Gasteiger charge is -2.14. The van der Waals surface area contributed by atoms with E-state index < -0.39 is 0 Å². The summed E-state index contributed by atoms with van der Waals surface area (Å²) in [5, 5.41) is 7.56. The number of aryl methyl sites for hydroxylation is 1. The second-order valence-corrected chi connectivity index (χ2v) is 6.01. The summed E-state index contributed by atoms with van der Waals surface area (Å²) in [5.41, 5.74) is 2.67. The summed E-state index contributed by atoms with van der Waals surface area (Å²) in [4.78, 5) is 16.5. The smallest absolute Gasteiger partial charge is 0.257 e. The highest BCUT2D eigenvalue weighted by molar-refractivity contribution is 9.10. The Balaban J connectivity index is 1.82. The molecule has 0 aliphatic rings. The Morgan fingerprint density at radius 1 is 1.36 bits per heavy atom. The number of aromatic nitrogens is 2. The predicted octanol–water partition coefficient (Wildman–Crippen LogP) is 3.78. The monoisotopic (exact) mass is 359 g/mol. The highest BCUT2D eigenvalue weighted by Crippen LogP contribution is 2.20. The fraction of sp³-hybridized carbons (Fsp3) is 0.188. The molecule has 0 bridgehead atoms. The molecule has 1 unspecified atom stereocenters. The molecule has 112 valence electrons. The first-order chi connectivity index (χ1) is 10.5. The molecule has 0 saturated heterocycles. The average Bonchev–Trinajstić information content (AvgIpc) is 2.88. The first kappa shape index (κ1) is 14.7. The summed E-state index contributed by atoms with van der Waals surface area (Å²) >= 11 is 3.43. The highest BCUT2D eigenvalue weighted by atomic mass is 79.9. The number of fused-ring (bicyclic) bond motifs is 1. The topological polar surface area (TPSA) is 68.0 Å². The van der Waals surface area contributed by atoms with Crippen LogP contribution in [-0.2, 0) is 0 Å². The van der Waals surface area contributed by atoms with Crippen LogP contribution in [0.4, 0.5) is 0 Å². The zero-order valence-electron chi connectivity index (χ0n) is 12.1. The SMILES string of the molecule is Cc1noc2ncc(C(=O)NC(C)c3cccc(Br)c3)cc12. The van der Waals surface area contributed by atoms with Crippen molar-refractivity contribution in [3.05, 3.63) is 57.8 Å². The molecule has 1 amide bonds. The van der Waals surface area contributed by atoms with Gasteiger partial charge < -0.3 is 9.84 Å². The Morgan fingerprint density at radius 3 is 2.95 bits per heavy atom. The molecule has 6 heteroatoms. The van der Waals surface area contributed by atoms with Gasteiger partial charge in [0.15, 0.2) is 0 Å². The van der Waals surface area contributed by atoms with Crippen LogP contribution in [0.2, 0.25) is 0 Å². The number of nitrogens with zero attached hydrogens (tertiary/aromatic N) is 2. The van der Waals surface area contributed by atoms with E-state index in [2.05, 4.69) is 31.4 Å². The first-order valence-corrected chi connectivity index (χ1v) is 7.62. The van der Waals surface area contributed by atoms with Crippen LogP contribution in [0.1, 0.15) is 34.6 Å². The second-order valence-electron chi connectivity index (χ2n) is 5.09. The van der Waals surface area contributed by atoms with E-state index in [-0.39, 0.29) is 11.9 Å². The van der Waals surface area contributed by atoms with Crippen molar-refractivity contribution in [3.63, 3.8) is 0 Å². The van der Waals surface area contributed by atoms with Gasteiger partial charge in [0.1, 0.15) is 0 Å². The average molecular weight is 360 g/mol. The van der Waals surface area contributed by atoms with E-state index in [0.717, 1.165) is 21.1 Å². The molecule has 1 N–H and O–H groups in total. The van der Waals surface area contributed by atoms with Crippen LogP contribution in [0.25, 0.3) is 11.1 Å². The number of hydrogen-bond acceptors (Lipinski definition) is 4. The number of pyridine rings is 1. The second kappa shape index (κ2) is 5.88. The van der Waals surface area contributed by atoms with E-state index in [4.69, 9.17) is 4.52 Å². The normalized spacial score (nSPS) is 12.3. The third-order valence-electron chi connectivity index (χ3n) is 3.47. The zero-order valence-corrected chi connectivity index (χ0v) is 13.7. The maximum atomic E-state index is 12.4. The summed E-state index contributed by atoms with van der Waals surface area (Å²) in [6, 6.07) is 9.49. The molecule has 5 nitrogen and oxygen atoms in total. The summed E-state index contributed by atoms with van der Waals surface area (Å²) in [6.45, 7) is 3.76. The van der Waals surface area contributed by atoms with Crippen LogP contribution in [0.15, 0.2) is 45.5 Å². The third-order valence-corrected chi connectivity index (χ3v) is 3.96. The molecule has 3 rings (SSSR count). The van der Waals surface area contributed by atoms with Gasteiger partial charge in [-0.2, -0.15) is 0 Å². The molecule has 22 heavy (non-hydrogen) atoms. The predicted molar refractivity (Wildman–Crippen MR) is 86.6 cm³/mol. The Labute approximate surface area is 135 Å². The van der Waals surface area contributed by atoms with Crippen LogP contribution in [-0.4, -0.2) is 16.0 Å². The lowest BCUT2D eigenvalue weighted by molar-refractivity contribution is 0.0939. The number of rotatable bonds is 3. The molecule has 2 aromatic heterocycles. The van der Waals surface area contributed by atoms with Crippen molar-refractivity contribution < 1.29 is 9.32 Å². The van der Waals surface area contributed by atoms with Crippen LogP contribution >= 0.6 is 15.9 Å². The number of hydrogen-bond donors (Lipinski definition) is 1. The molecule has 1 aromatic carbocycles. The van der Waals surface area contributed by atoms with Gasteiger partial charge in [-0.05, 0) is 37.6 Å². The minimum absolute atomic E-state index is 0.107. The van der Waals surface area contributed by atoms with E-state index in [0.29, 0.717) is 11.3 Å². The molecule has 0 spiro atoms. The number of carbonyl (C=O) groups excluding carboxylic acids is 1. The van der Waals surface area contributed by atoms with Crippen molar-refractivity contribution in [3.8, 4) is 0 Å². The fourth-order valence-corrected chi connectivity index (χ4v) is 2.63. The Hall–Kier alpha value is -2.21. The standard InChI is InChI=1S/C16H14BrN3O2/c1-9(11-4-3-5-13(17)6-11)19-15(21)12-7-14-10(2)20-22-16(14)18-8-12/h3-9H,1-2H3,(H,19,21). The molecule has 0 aliphatic heterocycles. The zero-order chi connectivity index (χ0) is 15.7. The van der Waals surface area contributed by atoms with E-state index in [1.807, 2.05) is 38.1 Å². The van der Waals surface area contributed by atoms with Crippen molar-refractivity contribution in [2.45, 2.75) is 19.9 Å². The summed E-state index contributed by atoms with van der Waals surface area (Å²) in [7, 11) is 0. The maximum Gasteiger partial charge on any atom is 0.257 e. The molecule has 0 aliphatic carbocycles. The number of nitrogens with one attached hydrogen (secondary N) is 1. The Morgan fingerprint density at radius 2 is 2.18 bits per heavy atom. The van der Waals surface area contributed by atoms with Gasteiger partial charge in [0.2, 0.25) is 0 Å². The quantitative estimate of drug-likeness (QED) is 0.772. The van der Waals surface area contributed by atoms with Gasteiger partial charge in [-0.1, -0.05) is 33.2 Å². The van der Waals surface area contributed by atoms with Crippen LogP contribution < -0.4 is 5.32 Å². The van der Waals surface area contributed by atoms with Crippen molar-refractivity contribution in [1.82, 2.24) is 15.5 Å². The minimum atomic E-state index is -0.178. The number of benzene rings is 1. The van der Waals surface area contributed by atoms with Crippen LogP contribution in [0, 0.1) is 6.92 Å². The van der Waals surface area contributed by atoms with Gasteiger partial charge in [-0.15, -0.1) is 0 Å². The van der Waals surface area contributed by atoms with E-state index >= 15 is 0 Å². The lowest BCUT2D eigenvalue weighted by Crippen LogP contribution is -2.26.